The lowest BCUT2D eigenvalue weighted by Crippen LogP contribution is -2.47. The number of nitrogens with zero attached hydrogens (tertiary/aromatic N) is 2. The van der Waals surface area contributed by atoms with Gasteiger partial charge in [0.25, 0.3) is 10.0 Å². The van der Waals surface area contributed by atoms with E-state index < -0.39 is 32.7 Å². The third kappa shape index (κ3) is 5.97. The lowest BCUT2D eigenvalue weighted by atomic mass is 9.97. The van der Waals surface area contributed by atoms with E-state index >= 15 is 0 Å². The Labute approximate surface area is 224 Å². The molecule has 0 bridgehead atoms. The van der Waals surface area contributed by atoms with Crippen molar-refractivity contribution in [3.05, 3.63) is 65.5 Å². The van der Waals surface area contributed by atoms with Crippen molar-refractivity contribution in [1.29, 1.82) is 0 Å². The summed E-state index contributed by atoms with van der Waals surface area (Å²) in [6, 6.07) is 13.9. The van der Waals surface area contributed by atoms with E-state index in [4.69, 9.17) is 4.74 Å². The highest BCUT2D eigenvalue weighted by Crippen LogP contribution is 2.41. The minimum Gasteiger partial charge on any atom is -0.457 e. The Morgan fingerprint density at radius 1 is 1.11 bits per heavy atom. The van der Waals surface area contributed by atoms with Crippen LogP contribution in [0.1, 0.15) is 68.4 Å². The van der Waals surface area contributed by atoms with E-state index in [9.17, 15) is 17.9 Å². The van der Waals surface area contributed by atoms with Gasteiger partial charge in [-0.25, -0.2) is 12.8 Å². The number of aliphatic hydroxyl groups excluding tert-OH is 1. The largest absolute Gasteiger partial charge is 0.457 e. The highest BCUT2D eigenvalue weighted by atomic mass is 32.2. The van der Waals surface area contributed by atoms with Gasteiger partial charge < -0.3 is 25.4 Å². The Kier molecular flexibility index (Phi) is 7.66. The highest BCUT2D eigenvalue weighted by molar-refractivity contribution is 7.90. The Balaban J connectivity index is 1.29. The molecule has 2 fully saturated rings. The van der Waals surface area contributed by atoms with Crippen molar-refractivity contribution in [3.63, 3.8) is 0 Å². The van der Waals surface area contributed by atoms with Crippen LogP contribution in [0, 0.1) is 5.82 Å². The first-order valence-electron chi connectivity index (χ1n) is 13.4. The monoisotopic (exact) mass is 544 g/mol. The topological polar surface area (TPSA) is 103 Å². The van der Waals surface area contributed by atoms with E-state index in [1.165, 1.54) is 18.9 Å². The lowest BCUT2D eigenvalue weighted by Gasteiger charge is -2.38. The molecule has 2 aromatic rings. The molecule has 2 atom stereocenters. The highest BCUT2D eigenvalue weighted by Gasteiger charge is 2.47. The second-order valence-corrected chi connectivity index (χ2v) is 12.7. The molecular formula is C28H37FN4O4S. The van der Waals surface area contributed by atoms with Gasteiger partial charge in [-0.2, -0.15) is 0 Å². The summed E-state index contributed by atoms with van der Waals surface area (Å²) in [5, 5.41) is 15.0. The number of aliphatic hydroxyl groups is 1. The third-order valence-corrected chi connectivity index (χ3v) is 9.53. The normalized spacial score (nSPS) is 24.2. The van der Waals surface area contributed by atoms with E-state index in [0.29, 0.717) is 17.2 Å². The molecule has 1 aliphatic carbocycles. The van der Waals surface area contributed by atoms with Crippen LogP contribution >= 0.6 is 0 Å². The number of benzene rings is 2. The first kappa shape index (κ1) is 26.9. The zero-order valence-electron chi connectivity index (χ0n) is 21.9. The molecule has 206 valence electrons. The molecule has 0 aromatic heterocycles. The number of halogens is 1. The van der Waals surface area contributed by atoms with Crippen LogP contribution in [0.2, 0.25) is 0 Å². The summed E-state index contributed by atoms with van der Waals surface area (Å²) in [5.41, 5.74) is 0.708. The van der Waals surface area contributed by atoms with Crippen LogP contribution in [0.25, 0.3) is 0 Å². The smallest absolute Gasteiger partial charge is 0.301 e. The third-order valence-electron chi connectivity index (χ3n) is 7.67. The van der Waals surface area contributed by atoms with Crippen LogP contribution in [0.4, 0.5) is 10.1 Å². The standard InChI is InChI=1S/C28H37FN4O4S/c1-28(2)26(19-7-9-20(10-8-19)30-21-13-16-33(17-14-21)22-11-12-22)38(35,36)32-27(37-28)31-25(15-18-34)23-5-3-4-6-24(23)29/h3-10,21-22,25-26,30,34H,11-18H2,1-2H3,(H,31,32)/t25-,26?/m0/s1. The molecular weight excluding hydrogens is 507 g/mol. The number of ether oxygens (including phenoxy) is 1. The Hall–Kier alpha value is -2.69. The van der Waals surface area contributed by atoms with Gasteiger partial charge >= 0.3 is 6.02 Å². The zero-order valence-corrected chi connectivity index (χ0v) is 22.8. The molecule has 2 heterocycles. The number of rotatable bonds is 8. The van der Waals surface area contributed by atoms with Gasteiger partial charge in [0.1, 0.15) is 16.7 Å². The number of likely N-dealkylation sites (tertiary alicyclic amines) is 1. The van der Waals surface area contributed by atoms with Crippen LogP contribution in [-0.4, -0.2) is 61.8 Å². The number of sulfonamides is 1. The maximum Gasteiger partial charge on any atom is 0.301 e. The van der Waals surface area contributed by atoms with Crippen LogP contribution in [-0.2, 0) is 14.8 Å². The average Bonchev–Trinajstić information content (AvgIpc) is 3.70. The predicted octanol–water partition coefficient (Wildman–Crippen LogP) is 4.11. The second kappa shape index (κ2) is 10.8. The van der Waals surface area contributed by atoms with E-state index in [1.807, 2.05) is 24.3 Å². The van der Waals surface area contributed by atoms with Crippen LogP contribution < -0.4 is 10.6 Å². The molecule has 0 amide bonds. The van der Waals surface area contributed by atoms with Gasteiger partial charge in [0, 0.05) is 43.0 Å². The molecule has 10 heteroatoms. The minimum atomic E-state index is -4.02. The molecule has 8 nitrogen and oxygen atoms in total. The molecule has 2 aromatic carbocycles. The quantitative estimate of drug-likeness (QED) is 0.460. The fourth-order valence-corrected chi connectivity index (χ4v) is 7.35. The minimum absolute atomic E-state index is 0.154. The van der Waals surface area contributed by atoms with Crippen molar-refractivity contribution in [3.8, 4) is 0 Å². The van der Waals surface area contributed by atoms with E-state index in [2.05, 4.69) is 19.9 Å². The van der Waals surface area contributed by atoms with Gasteiger partial charge in [0.15, 0.2) is 0 Å². The van der Waals surface area contributed by atoms with Gasteiger partial charge in [-0.05, 0) is 69.7 Å². The fraction of sp³-hybridized carbons (Fsp3) is 0.536. The molecule has 3 aliphatic rings. The Morgan fingerprint density at radius 2 is 1.79 bits per heavy atom. The fourth-order valence-electron chi connectivity index (χ4n) is 5.66. The number of amidine groups is 1. The van der Waals surface area contributed by atoms with Crippen molar-refractivity contribution < 1.29 is 22.7 Å². The van der Waals surface area contributed by atoms with E-state index in [0.717, 1.165) is 37.7 Å². The summed E-state index contributed by atoms with van der Waals surface area (Å²) >= 11 is 0. The summed E-state index contributed by atoms with van der Waals surface area (Å²) in [7, 11) is -4.02. The van der Waals surface area contributed by atoms with Crippen LogP contribution in [0.15, 0.2) is 52.9 Å². The van der Waals surface area contributed by atoms with Gasteiger partial charge in [0.05, 0.1) is 6.04 Å². The predicted molar refractivity (Wildman–Crippen MR) is 146 cm³/mol. The van der Waals surface area contributed by atoms with Crippen molar-refractivity contribution in [2.75, 3.05) is 25.0 Å². The van der Waals surface area contributed by atoms with E-state index in [-0.39, 0.29) is 19.0 Å². The van der Waals surface area contributed by atoms with Gasteiger partial charge in [-0.1, -0.05) is 30.3 Å². The molecule has 5 rings (SSSR count). The summed E-state index contributed by atoms with van der Waals surface area (Å²) in [5.74, 6) is -0.461. The van der Waals surface area contributed by atoms with Crippen molar-refractivity contribution in [2.45, 2.75) is 74.9 Å². The average molecular weight is 545 g/mol. The number of anilines is 1. The Morgan fingerprint density at radius 3 is 2.39 bits per heavy atom. The summed E-state index contributed by atoms with van der Waals surface area (Å²) in [6.45, 7) is 5.43. The van der Waals surface area contributed by atoms with E-state index in [1.54, 1.807) is 32.0 Å². The summed E-state index contributed by atoms with van der Waals surface area (Å²) in [6.07, 6.45) is 5.02. The molecule has 1 unspecified atom stereocenters. The Bertz CT molecular complexity index is 1260. The lowest BCUT2D eigenvalue weighted by molar-refractivity contribution is 0.0759. The van der Waals surface area contributed by atoms with Crippen molar-refractivity contribution >= 4 is 21.7 Å². The second-order valence-electron chi connectivity index (χ2n) is 11.0. The van der Waals surface area contributed by atoms with Crippen molar-refractivity contribution in [1.82, 2.24) is 10.2 Å². The van der Waals surface area contributed by atoms with Crippen LogP contribution in [0.3, 0.4) is 0 Å². The van der Waals surface area contributed by atoms with Gasteiger partial charge in [-0.3, -0.25) is 0 Å². The molecule has 1 saturated heterocycles. The zero-order chi connectivity index (χ0) is 26.9. The van der Waals surface area contributed by atoms with Gasteiger partial charge in [-0.15, -0.1) is 4.40 Å². The molecule has 0 radical (unpaired) electrons. The molecule has 3 N–H and O–H groups in total. The molecule has 1 saturated carbocycles. The maximum absolute atomic E-state index is 14.4. The first-order chi connectivity index (χ1) is 18.2. The summed E-state index contributed by atoms with van der Waals surface area (Å²) < 4.78 is 51.1. The maximum atomic E-state index is 14.4. The number of nitrogens with one attached hydrogen (secondary N) is 2. The molecule has 2 aliphatic heterocycles. The first-order valence-corrected chi connectivity index (χ1v) is 14.9. The van der Waals surface area contributed by atoms with Crippen LogP contribution in [0.5, 0.6) is 0 Å². The number of hydrogen-bond donors (Lipinski definition) is 3. The number of hydrogen-bond acceptors (Lipinski definition) is 7. The van der Waals surface area contributed by atoms with Crippen molar-refractivity contribution in [2.24, 2.45) is 4.40 Å². The molecule has 38 heavy (non-hydrogen) atoms. The molecule has 0 spiro atoms. The number of piperidine rings is 1. The summed E-state index contributed by atoms with van der Waals surface area (Å²) in [4.78, 5) is 2.59. The van der Waals surface area contributed by atoms with Gasteiger partial charge in [0.2, 0.25) is 0 Å². The SMILES string of the molecule is CC1(C)OC(N[C@@H](CCO)c2ccccc2F)=NS(=O)(=O)C1c1ccc(NC2CCN(C3CC3)CC2)cc1.